The molecule has 152 valence electrons. The molecule has 0 unspecified atom stereocenters. The van der Waals surface area contributed by atoms with Crippen molar-refractivity contribution in [3.05, 3.63) is 51.2 Å². The SMILES string of the molecule is C[C@@H](O)c1ccc(C2(CNC(=O)C(C)(C)Oc3ccc(Cl)cc3)CCCC2)s1. The van der Waals surface area contributed by atoms with Crippen LogP contribution in [-0.4, -0.2) is 23.2 Å². The first-order chi connectivity index (χ1) is 13.2. The van der Waals surface area contributed by atoms with Crippen molar-refractivity contribution >= 4 is 28.8 Å². The summed E-state index contributed by atoms with van der Waals surface area (Å²) >= 11 is 7.57. The molecule has 1 amide bonds. The van der Waals surface area contributed by atoms with Gasteiger partial charge in [-0.25, -0.2) is 0 Å². The minimum atomic E-state index is -0.992. The van der Waals surface area contributed by atoms with Crippen LogP contribution in [0, 0.1) is 0 Å². The zero-order chi connectivity index (χ0) is 20.4. The van der Waals surface area contributed by atoms with Gasteiger partial charge in [0, 0.05) is 26.7 Å². The lowest BCUT2D eigenvalue weighted by Crippen LogP contribution is -2.50. The summed E-state index contributed by atoms with van der Waals surface area (Å²) in [6, 6.07) is 11.1. The number of hydrogen-bond acceptors (Lipinski definition) is 4. The van der Waals surface area contributed by atoms with Gasteiger partial charge in [-0.3, -0.25) is 4.79 Å². The fourth-order valence-corrected chi connectivity index (χ4v) is 5.05. The van der Waals surface area contributed by atoms with E-state index in [-0.39, 0.29) is 11.3 Å². The second-order valence-corrected chi connectivity index (χ2v) is 9.67. The van der Waals surface area contributed by atoms with Crippen LogP contribution in [0.2, 0.25) is 5.02 Å². The number of ether oxygens (including phenoxy) is 1. The lowest BCUT2D eigenvalue weighted by atomic mass is 9.84. The van der Waals surface area contributed by atoms with Crippen molar-refractivity contribution < 1.29 is 14.6 Å². The van der Waals surface area contributed by atoms with Gasteiger partial charge in [-0.15, -0.1) is 11.3 Å². The first-order valence-corrected chi connectivity index (χ1v) is 10.9. The number of carbonyl (C=O) groups excluding carboxylic acids is 1. The summed E-state index contributed by atoms with van der Waals surface area (Å²) in [6.45, 7) is 5.91. The predicted molar refractivity (Wildman–Crippen MR) is 114 cm³/mol. The van der Waals surface area contributed by atoms with Gasteiger partial charge in [0.05, 0.1) is 6.10 Å². The standard InChI is InChI=1S/C22H28ClNO3S/c1-15(25)18-10-11-19(28-18)22(12-4-5-13-22)14-24-20(26)21(2,3)27-17-8-6-16(23)7-9-17/h6-11,15,25H,4-5,12-14H2,1-3H3,(H,24,26)/t15-/m1/s1. The van der Waals surface area contributed by atoms with Crippen LogP contribution in [0.4, 0.5) is 0 Å². The Bertz CT molecular complexity index is 807. The lowest BCUT2D eigenvalue weighted by molar-refractivity contribution is -0.134. The average molecular weight is 422 g/mol. The number of thiophene rings is 1. The highest BCUT2D eigenvalue weighted by Crippen LogP contribution is 2.44. The molecule has 2 aromatic rings. The van der Waals surface area contributed by atoms with Crippen molar-refractivity contribution in [1.29, 1.82) is 0 Å². The predicted octanol–water partition coefficient (Wildman–Crippen LogP) is 5.24. The van der Waals surface area contributed by atoms with E-state index in [0.717, 1.165) is 30.6 Å². The molecule has 1 aliphatic carbocycles. The van der Waals surface area contributed by atoms with Crippen molar-refractivity contribution in [2.24, 2.45) is 0 Å². The van der Waals surface area contributed by atoms with Crippen molar-refractivity contribution in [2.75, 3.05) is 6.54 Å². The number of nitrogens with one attached hydrogen (secondary N) is 1. The third-order valence-electron chi connectivity index (χ3n) is 5.44. The van der Waals surface area contributed by atoms with E-state index in [1.165, 1.54) is 4.88 Å². The van der Waals surface area contributed by atoms with Crippen LogP contribution in [0.15, 0.2) is 36.4 Å². The van der Waals surface area contributed by atoms with E-state index < -0.39 is 11.7 Å². The maximum absolute atomic E-state index is 12.9. The van der Waals surface area contributed by atoms with Gasteiger partial charge in [0.15, 0.2) is 5.60 Å². The van der Waals surface area contributed by atoms with Gasteiger partial charge < -0.3 is 15.2 Å². The summed E-state index contributed by atoms with van der Waals surface area (Å²) in [5.74, 6) is 0.473. The van der Waals surface area contributed by atoms with Crippen LogP contribution in [0.25, 0.3) is 0 Å². The molecule has 4 nitrogen and oxygen atoms in total. The summed E-state index contributed by atoms with van der Waals surface area (Å²) in [4.78, 5) is 15.1. The molecule has 28 heavy (non-hydrogen) atoms. The number of benzene rings is 1. The van der Waals surface area contributed by atoms with Crippen LogP contribution >= 0.6 is 22.9 Å². The maximum atomic E-state index is 12.9. The fourth-order valence-electron chi connectivity index (χ4n) is 3.73. The Labute approximate surface area is 175 Å². The highest BCUT2D eigenvalue weighted by molar-refractivity contribution is 7.12. The molecule has 1 heterocycles. The summed E-state index contributed by atoms with van der Waals surface area (Å²) in [5, 5.41) is 13.6. The normalized spacial score (nSPS) is 17.3. The van der Waals surface area contributed by atoms with Crippen molar-refractivity contribution in [3.8, 4) is 5.75 Å². The molecule has 1 aromatic carbocycles. The number of hydrogen-bond donors (Lipinski definition) is 2. The van der Waals surface area contributed by atoms with Gasteiger partial charge in [0.25, 0.3) is 5.91 Å². The molecule has 1 saturated carbocycles. The van der Waals surface area contributed by atoms with Crippen LogP contribution in [0.5, 0.6) is 5.75 Å². The van der Waals surface area contributed by atoms with E-state index in [4.69, 9.17) is 16.3 Å². The quantitative estimate of drug-likeness (QED) is 0.642. The third kappa shape index (κ3) is 4.70. The smallest absolute Gasteiger partial charge is 0.263 e. The lowest BCUT2D eigenvalue weighted by Gasteiger charge is -2.31. The van der Waals surface area contributed by atoms with Gasteiger partial charge >= 0.3 is 0 Å². The fraction of sp³-hybridized carbons (Fsp3) is 0.500. The van der Waals surface area contributed by atoms with Crippen molar-refractivity contribution in [1.82, 2.24) is 5.32 Å². The minimum absolute atomic E-state index is 0.0518. The van der Waals surface area contributed by atoms with Gasteiger partial charge in [-0.2, -0.15) is 0 Å². The molecule has 6 heteroatoms. The molecule has 1 aromatic heterocycles. The second kappa shape index (κ2) is 8.44. The number of halogens is 1. The Balaban J connectivity index is 1.68. The first-order valence-electron chi connectivity index (χ1n) is 9.73. The molecule has 0 radical (unpaired) electrons. The number of aliphatic hydroxyl groups excluding tert-OH is 1. The van der Waals surface area contributed by atoms with Gasteiger partial charge in [-0.05, 0) is 70.0 Å². The maximum Gasteiger partial charge on any atom is 0.263 e. The molecule has 0 bridgehead atoms. The van der Waals surface area contributed by atoms with Crippen LogP contribution in [0.3, 0.4) is 0 Å². The van der Waals surface area contributed by atoms with Crippen LogP contribution in [-0.2, 0) is 10.2 Å². The molecule has 1 atom stereocenters. The molecule has 1 fully saturated rings. The summed E-state index contributed by atoms with van der Waals surface area (Å²) in [7, 11) is 0. The highest BCUT2D eigenvalue weighted by atomic mass is 35.5. The zero-order valence-electron chi connectivity index (χ0n) is 16.6. The van der Waals surface area contributed by atoms with E-state index in [2.05, 4.69) is 11.4 Å². The number of aliphatic hydroxyl groups is 1. The van der Waals surface area contributed by atoms with E-state index in [9.17, 15) is 9.90 Å². The molecule has 0 aliphatic heterocycles. The third-order valence-corrected chi connectivity index (χ3v) is 7.20. The summed E-state index contributed by atoms with van der Waals surface area (Å²) < 4.78 is 5.91. The van der Waals surface area contributed by atoms with E-state index in [1.54, 1.807) is 56.4 Å². The Morgan fingerprint density at radius 2 is 1.89 bits per heavy atom. The van der Waals surface area contributed by atoms with Crippen molar-refractivity contribution in [2.45, 2.75) is 63.6 Å². The van der Waals surface area contributed by atoms with Crippen LogP contribution in [0.1, 0.15) is 62.3 Å². The Morgan fingerprint density at radius 1 is 1.25 bits per heavy atom. The molecular weight excluding hydrogens is 394 g/mol. The zero-order valence-corrected chi connectivity index (χ0v) is 18.2. The van der Waals surface area contributed by atoms with Gasteiger partial charge in [-0.1, -0.05) is 24.4 Å². The van der Waals surface area contributed by atoms with Gasteiger partial charge in [0.1, 0.15) is 5.75 Å². The van der Waals surface area contributed by atoms with Crippen molar-refractivity contribution in [3.63, 3.8) is 0 Å². The Hall–Kier alpha value is -1.56. The Morgan fingerprint density at radius 3 is 2.46 bits per heavy atom. The second-order valence-electron chi connectivity index (χ2n) is 8.11. The minimum Gasteiger partial charge on any atom is -0.478 e. The molecule has 0 spiro atoms. The Kier molecular flexibility index (Phi) is 6.37. The largest absolute Gasteiger partial charge is 0.478 e. The van der Waals surface area contributed by atoms with E-state index in [0.29, 0.717) is 17.3 Å². The van der Waals surface area contributed by atoms with E-state index in [1.807, 2.05) is 6.07 Å². The number of rotatable bonds is 7. The summed E-state index contributed by atoms with van der Waals surface area (Å²) in [6.07, 6.45) is 3.94. The van der Waals surface area contributed by atoms with Crippen LogP contribution < -0.4 is 10.1 Å². The molecule has 1 aliphatic rings. The number of carbonyl (C=O) groups is 1. The number of amides is 1. The average Bonchev–Trinajstić information content (AvgIpc) is 3.31. The molecular formula is C22H28ClNO3S. The van der Waals surface area contributed by atoms with Gasteiger partial charge in [0.2, 0.25) is 0 Å². The molecule has 2 N–H and O–H groups in total. The van der Waals surface area contributed by atoms with E-state index >= 15 is 0 Å². The highest BCUT2D eigenvalue weighted by Gasteiger charge is 2.39. The monoisotopic (exact) mass is 421 g/mol. The topological polar surface area (TPSA) is 58.6 Å². The molecule has 3 rings (SSSR count). The first kappa shape index (κ1) is 21.2. The summed E-state index contributed by atoms with van der Waals surface area (Å²) in [5.41, 5.74) is -1.04. The molecule has 0 saturated heterocycles.